The molecule has 0 saturated heterocycles. The Bertz CT molecular complexity index is 1080. The highest BCUT2D eigenvalue weighted by Crippen LogP contribution is 2.28. The number of methoxy groups -OCH3 is 1. The Labute approximate surface area is 167 Å². The first-order chi connectivity index (χ1) is 13.5. The summed E-state index contributed by atoms with van der Waals surface area (Å²) in [6.45, 7) is 1.81. The molecule has 5 nitrogen and oxygen atoms in total. The van der Waals surface area contributed by atoms with Crippen molar-refractivity contribution in [1.82, 2.24) is 0 Å². The Morgan fingerprint density at radius 3 is 2.61 bits per heavy atom. The van der Waals surface area contributed by atoms with Crippen molar-refractivity contribution in [2.24, 2.45) is 0 Å². The van der Waals surface area contributed by atoms with E-state index in [2.05, 4.69) is 0 Å². The number of rotatable bonds is 6. The lowest BCUT2D eigenvalue weighted by molar-refractivity contribution is -0.138. The van der Waals surface area contributed by atoms with Crippen LogP contribution in [0.25, 0.3) is 17.0 Å². The Morgan fingerprint density at radius 1 is 1.18 bits per heavy atom. The molecule has 0 aliphatic rings. The zero-order chi connectivity index (χ0) is 20.1. The number of hydrogen-bond acceptors (Lipinski definition) is 5. The van der Waals surface area contributed by atoms with E-state index in [1.807, 2.05) is 6.92 Å². The maximum Gasteiger partial charge on any atom is 0.331 e. The van der Waals surface area contributed by atoms with Crippen LogP contribution in [0.1, 0.15) is 23.8 Å². The molecule has 0 aliphatic heterocycles. The van der Waals surface area contributed by atoms with E-state index in [0.717, 1.165) is 5.56 Å². The summed E-state index contributed by atoms with van der Waals surface area (Å²) < 4.78 is 16.5. The lowest BCUT2D eigenvalue weighted by atomic mass is 10.1. The van der Waals surface area contributed by atoms with Gasteiger partial charge in [0.05, 0.1) is 18.1 Å². The summed E-state index contributed by atoms with van der Waals surface area (Å²) in [5.74, 6) is 0.516. The molecular weight excluding hydrogens is 380 g/mol. The molecule has 3 aromatic rings. The Balaban J connectivity index is 1.84. The first kappa shape index (κ1) is 19.7. The summed E-state index contributed by atoms with van der Waals surface area (Å²) in [5, 5.41) is 1.04. The molecule has 2 aromatic carbocycles. The monoisotopic (exact) mass is 398 g/mol. The fraction of sp³-hybridized carbons (Fsp3) is 0.182. The number of esters is 1. The molecule has 0 amide bonds. The van der Waals surface area contributed by atoms with E-state index in [-0.39, 0.29) is 12.0 Å². The highest BCUT2D eigenvalue weighted by atomic mass is 35.5. The van der Waals surface area contributed by atoms with Crippen LogP contribution in [0.2, 0.25) is 5.02 Å². The average Bonchev–Trinajstić information content (AvgIpc) is 2.71. The van der Waals surface area contributed by atoms with Crippen LogP contribution in [0.3, 0.4) is 0 Å². The molecule has 0 fully saturated rings. The van der Waals surface area contributed by atoms with Crippen molar-refractivity contribution in [3.8, 4) is 5.75 Å². The molecule has 0 aliphatic carbocycles. The number of fused-ring (bicyclic) bond motifs is 1. The molecule has 0 unspecified atom stereocenters. The van der Waals surface area contributed by atoms with E-state index in [1.165, 1.54) is 19.3 Å². The highest BCUT2D eigenvalue weighted by molar-refractivity contribution is 6.30. The fourth-order valence-corrected chi connectivity index (χ4v) is 2.86. The van der Waals surface area contributed by atoms with E-state index in [0.29, 0.717) is 39.5 Å². The Kier molecular flexibility index (Phi) is 6.16. The van der Waals surface area contributed by atoms with Crippen LogP contribution < -0.4 is 10.2 Å². The predicted octanol–water partition coefficient (Wildman–Crippen LogP) is 4.77. The third kappa shape index (κ3) is 4.43. The van der Waals surface area contributed by atoms with Crippen molar-refractivity contribution in [3.05, 3.63) is 80.7 Å². The summed E-state index contributed by atoms with van der Waals surface area (Å²) in [7, 11) is 1.51. The van der Waals surface area contributed by atoms with Crippen molar-refractivity contribution in [2.75, 3.05) is 7.11 Å². The summed E-state index contributed by atoms with van der Waals surface area (Å²) in [4.78, 5) is 24.4. The summed E-state index contributed by atoms with van der Waals surface area (Å²) in [5.41, 5.74) is 1.57. The van der Waals surface area contributed by atoms with Crippen molar-refractivity contribution in [2.45, 2.75) is 20.0 Å². The van der Waals surface area contributed by atoms with Gasteiger partial charge in [0.15, 0.2) is 5.43 Å². The average molecular weight is 399 g/mol. The predicted molar refractivity (Wildman–Crippen MR) is 109 cm³/mol. The standard InChI is InChI=1S/C22H19ClO5/c1-3-16-12-19(24)17-9-10-20(26-2)18(22(17)28-16)13-27-21(25)11-6-14-4-7-15(23)8-5-14/h4-12H,3,13H2,1-2H3/b11-6+. The summed E-state index contributed by atoms with van der Waals surface area (Å²) >= 11 is 5.84. The van der Waals surface area contributed by atoms with E-state index in [1.54, 1.807) is 42.5 Å². The maximum absolute atomic E-state index is 12.3. The first-order valence-corrected chi connectivity index (χ1v) is 9.12. The first-order valence-electron chi connectivity index (χ1n) is 8.74. The zero-order valence-electron chi connectivity index (χ0n) is 15.5. The maximum atomic E-state index is 12.3. The van der Waals surface area contributed by atoms with Crippen molar-refractivity contribution < 1.29 is 18.7 Å². The number of ether oxygens (including phenoxy) is 2. The molecule has 1 aromatic heterocycles. The van der Waals surface area contributed by atoms with Gasteiger partial charge >= 0.3 is 5.97 Å². The fourth-order valence-electron chi connectivity index (χ4n) is 2.74. The van der Waals surface area contributed by atoms with Crippen LogP contribution in [0.5, 0.6) is 5.75 Å². The molecule has 0 bridgehead atoms. The topological polar surface area (TPSA) is 65.7 Å². The lowest BCUT2D eigenvalue weighted by Gasteiger charge is -2.11. The van der Waals surface area contributed by atoms with Crippen molar-refractivity contribution in [1.29, 1.82) is 0 Å². The van der Waals surface area contributed by atoms with Gasteiger partial charge in [0.1, 0.15) is 23.7 Å². The highest BCUT2D eigenvalue weighted by Gasteiger charge is 2.15. The second-order valence-corrected chi connectivity index (χ2v) is 6.48. The number of halogens is 1. The van der Waals surface area contributed by atoms with Gasteiger partial charge in [-0.1, -0.05) is 30.7 Å². The molecule has 0 atom stereocenters. The summed E-state index contributed by atoms with van der Waals surface area (Å²) in [6, 6.07) is 11.8. The van der Waals surface area contributed by atoms with Crippen molar-refractivity contribution in [3.63, 3.8) is 0 Å². The molecule has 0 radical (unpaired) electrons. The van der Waals surface area contributed by atoms with Crippen LogP contribution in [0.4, 0.5) is 0 Å². The van der Waals surface area contributed by atoms with Gasteiger partial charge in [-0.25, -0.2) is 4.79 Å². The lowest BCUT2D eigenvalue weighted by Crippen LogP contribution is -2.07. The van der Waals surface area contributed by atoms with E-state index >= 15 is 0 Å². The largest absolute Gasteiger partial charge is 0.496 e. The van der Waals surface area contributed by atoms with Crippen molar-refractivity contribution >= 4 is 34.6 Å². The van der Waals surface area contributed by atoms with Gasteiger partial charge in [0.25, 0.3) is 0 Å². The minimum Gasteiger partial charge on any atom is -0.496 e. The summed E-state index contributed by atoms with van der Waals surface area (Å²) in [6.07, 6.45) is 3.54. The SMILES string of the molecule is CCc1cc(=O)c2ccc(OC)c(COC(=O)/C=C/c3ccc(Cl)cc3)c2o1. The van der Waals surface area contributed by atoms with Gasteiger partial charge < -0.3 is 13.9 Å². The Hall–Kier alpha value is -3.05. The number of benzene rings is 2. The molecular formula is C22H19ClO5. The normalized spacial score (nSPS) is 11.1. The third-order valence-electron chi connectivity index (χ3n) is 4.22. The molecule has 0 spiro atoms. The van der Waals surface area contributed by atoms with Crippen LogP contribution >= 0.6 is 11.6 Å². The number of hydrogen-bond donors (Lipinski definition) is 0. The smallest absolute Gasteiger partial charge is 0.331 e. The number of carbonyl (C=O) groups excluding carboxylic acids is 1. The molecule has 144 valence electrons. The molecule has 0 N–H and O–H groups in total. The third-order valence-corrected chi connectivity index (χ3v) is 4.47. The second-order valence-electron chi connectivity index (χ2n) is 6.05. The van der Waals surface area contributed by atoms with E-state index in [4.69, 9.17) is 25.5 Å². The molecule has 28 heavy (non-hydrogen) atoms. The Morgan fingerprint density at radius 2 is 1.93 bits per heavy atom. The molecule has 0 saturated carbocycles. The van der Waals surface area contributed by atoms with E-state index < -0.39 is 5.97 Å². The quantitative estimate of drug-likeness (QED) is 0.442. The van der Waals surface area contributed by atoms with Gasteiger partial charge in [-0.3, -0.25) is 4.79 Å². The van der Waals surface area contributed by atoms with Crippen LogP contribution in [-0.2, 0) is 22.6 Å². The molecule has 1 heterocycles. The van der Waals surface area contributed by atoms with Crippen LogP contribution in [-0.4, -0.2) is 13.1 Å². The van der Waals surface area contributed by atoms with E-state index in [9.17, 15) is 9.59 Å². The van der Waals surface area contributed by atoms with Gasteiger partial charge in [-0.2, -0.15) is 0 Å². The van der Waals surface area contributed by atoms with Crippen LogP contribution in [0, 0.1) is 0 Å². The van der Waals surface area contributed by atoms with Gasteiger partial charge in [-0.15, -0.1) is 0 Å². The minimum absolute atomic E-state index is 0.0829. The number of carbonyl (C=O) groups is 1. The zero-order valence-corrected chi connectivity index (χ0v) is 16.3. The molecule has 6 heteroatoms. The van der Waals surface area contributed by atoms with Gasteiger partial charge in [0, 0.05) is 23.6 Å². The van der Waals surface area contributed by atoms with Gasteiger partial charge in [-0.05, 0) is 35.9 Å². The van der Waals surface area contributed by atoms with Crippen LogP contribution in [0.15, 0.2) is 57.8 Å². The molecule has 3 rings (SSSR count). The number of aryl methyl sites for hydroxylation is 1. The van der Waals surface area contributed by atoms with Gasteiger partial charge in [0.2, 0.25) is 0 Å². The second kappa shape index (κ2) is 8.76. The minimum atomic E-state index is -0.525.